The van der Waals surface area contributed by atoms with Crippen molar-refractivity contribution in [1.82, 2.24) is 0 Å². The molecule has 1 aromatic rings. The maximum atomic E-state index is 11.6. The maximum absolute atomic E-state index is 11.6. The molecule has 0 saturated heterocycles. The number of hydrazine groups is 1. The topological polar surface area (TPSA) is 102 Å². The number of carboxylic acid groups (broad SMARTS) is 1. The molecule has 4 N–H and O–H groups in total. The third kappa shape index (κ3) is 3.18. The molecule has 0 unspecified atom stereocenters. The van der Waals surface area contributed by atoms with Crippen LogP contribution in [-0.2, 0) is 16.0 Å². The van der Waals surface area contributed by atoms with Crippen molar-refractivity contribution in [1.29, 1.82) is 0 Å². The van der Waals surface area contributed by atoms with E-state index in [1.807, 2.05) is 0 Å². The quantitative estimate of drug-likeness (QED) is 0.398. The van der Waals surface area contributed by atoms with Gasteiger partial charge in [0, 0.05) is 0 Å². The van der Waals surface area contributed by atoms with E-state index in [-0.39, 0.29) is 24.3 Å². The maximum Gasteiger partial charge on any atom is 0.340 e. The lowest BCUT2D eigenvalue weighted by Gasteiger charge is -2.12. The fraction of sp³-hybridized carbons (Fsp3) is 0.273. The second-order valence-corrected chi connectivity index (χ2v) is 3.28. The highest BCUT2D eigenvalue weighted by molar-refractivity contribution is 5.97. The van der Waals surface area contributed by atoms with Crippen molar-refractivity contribution >= 4 is 17.6 Å². The van der Waals surface area contributed by atoms with E-state index in [1.165, 1.54) is 6.07 Å². The van der Waals surface area contributed by atoms with Gasteiger partial charge in [-0.3, -0.25) is 10.6 Å². The number of esters is 1. The molecule has 92 valence electrons. The summed E-state index contributed by atoms with van der Waals surface area (Å²) in [4.78, 5) is 22.3. The average Bonchev–Trinajstić information content (AvgIpc) is 2.28. The smallest absolute Gasteiger partial charge is 0.340 e. The van der Waals surface area contributed by atoms with Crippen molar-refractivity contribution in [3.05, 3.63) is 29.3 Å². The number of rotatable bonds is 5. The van der Waals surface area contributed by atoms with Crippen LogP contribution in [0.3, 0.4) is 0 Å². The lowest BCUT2D eigenvalue weighted by Crippen LogP contribution is -2.17. The van der Waals surface area contributed by atoms with Gasteiger partial charge in [-0.2, -0.15) is 0 Å². The molecular formula is C11H14N2O4. The van der Waals surface area contributed by atoms with Gasteiger partial charge in [0.15, 0.2) is 0 Å². The molecule has 6 nitrogen and oxygen atoms in total. The Balaban J connectivity index is 3.13. The summed E-state index contributed by atoms with van der Waals surface area (Å²) in [6.07, 6.45) is -0.215. The zero-order valence-corrected chi connectivity index (χ0v) is 9.40. The summed E-state index contributed by atoms with van der Waals surface area (Å²) in [5.41, 5.74) is 3.30. The Morgan fingerprint density at radius 2 is 2.18 bits per heavy atom. The van der Waals surface area contributed by atoms with Crippen LogP contribution in [0.25, 0.3) is 0 Å². The zero-order valence-electron chi connectivity index (χ0n) is 9.40. The SMILES string of the molecule is CCOC(=O)c1cccc(CC(=O)O)c1NN. The van der Waals surface area contributed by atoms with Crippen molar-refractivity contribution in [3.63, 3.8) is 0 Å². The number of nitrogens with one attached hydrogen (secondary N) is 1. The van der Waals surface area contributed by atoms with Gasteiger partial charge in [0.05, 0.1) is 24.3 Å². The lowest BCUT2D eigenvalue weighted by atomic mass is 10.0. The number of carboxylic acids is 1. The van der Waals surface area contributed by atoms with Crippen LogP contribution in [0, 0.1) is 0 Å². The average molecular weight is 238 g/mol. The summed E-state index contributed by atoms with van der Waals surface area (Å²) >= 11 is 0. The summed E-state index contributed by atoms with van der Waals surface area (Å²) in [5.74, 6) is 3.78. The van der Waals surface area contributed by atoms with Gasteiger partial charge in [0.2, 0.25) is 0 Å². The molecule has 0 saturated carbocycles. The Kier molecular flexibility index (Phi) is 4.47. The number of carbonyl (C=O) groups is 2. The Bertz CT molecular complexity index is 431. The minimum Gasteiger partial charge on any atom is -0.481 e. The number of carbonyl (C=O) groups excluding carboxylic acids is 1. The summed E-state index contributed by atoms with van der Waals surface area (Å²) in [7, 11) is 0. The molecule has 0 atom stereocenters. The molecule has 0 aromatic heterocycles. The van der Waals surface area contributed by atoms with Crippen LogP contribution in [0.1, 0.15) is 22.8 Å². The van der Waals surface area contributed by atoms with Crippen molar-refractivity contribution in [3.8, 4) is 0 Å². The monoisotopic (exact) mass is 238 g/mol. The van der Waals surface area contributed by atoms with Gasteiger partial charge in [-0.15, -0.1) is 0 Å². The highest BCUT2D eigenvalue weighted by Crippen LogP contribution is 2.21. The number of nitrogen functional groups attached to an aromatic ring is 1. The van der Waals surface area contributed by atoms with E-state index in [4.69, 9.17) is 15.7 Å². The number of benzene rings is 1. The normalized spacial score (nSPS) is 9.76. The van der Waals surface area contributed by atoms with E-state index in [2.05, 4.69) is 5.43 Å². The largest absolute Gasteiger partial charge is 0.481 e. The number of para-hydroxylation sites is 1. The van der Waals surface area contributed by atoms with Crippen LogP contribution in [0.2, 0.25) is 0 Å². The predicted octanol–water partition coefficient (Wildman–Crippen LogP) is 0.776. The summed E-state index contributed by atoms with van der Waals surface area (Å²) < 4.78 is 4.85. The van der Waals surface area contributed by atoms with E-state index in [0.29, 0.717) is 5.56 Å². The van der Waals surface area contributed by atoms with Crippen LogP contribution < -0.4 is 11.3 Å². The first-order valence-corrected chi connectivity index (χ1v) is 5.07. The number of hydrogen-bond donors (Lipinski definition) is 3. The van der Waals surface area contributed by atoms with Gasteiger partial charge in [-0.25, -0.2) is 4.79 Å². The zero-order chi connectivity index (χ0) is 12.8. The van der Waals surface area contributed by atoms with Crippen LogP contribution >= 0.6 is 0 Å². The van der Waals surface area contributed by atoms with E-state index >= 15 is 0 Å². The summed E-state index contributed by atoms with van der Waals surface area (Å²) in [5, 5.41) is 8.73. The second-order valence-electron chi connectivity index (χ2n) is 3.28. The Morgan fingerprint density at radius 1 is 1.47 bits per heavy atom. The fourth-order valence-electron chi connectivity index (χ4n) is 1.46. The molecule has 0 amide bonds. The van der Waals surface area contributed by atoms with Gasteiger partial charge in [0.25, 0.3) is 0 Å². The first-order chi connectivity index (χ1) is 8.10. The third-order valence-electron chi connectivity index (χ3n) is 2.13. The number of anilines is 1. The highest BCUT2D eigenvalue weighted by Gasteiger charge is 2.16. The molecule has 0 aliphatic carbocycles. The Morgan fingerprint density at radius 3 is 2.71 bits per heavy atom. The Hall–Kier alpha value is -2.08. The van der Waals surface area contributed by atoms with E-state index in [1.54, 1.807) is 19.1 Å². The number of nitrogens with two attached hydrogens (primary N) is 1. The number of ether oxygens (including phenoxy) is 1. The molecule has 0 spiro atoms. The lowest BCUT2D eigenvalue weighted by molar-refractivity contribution is -0.136. The van der Waals surface area contributed by atoms with Gasteiger partial charge in [-0.1, -0.05) is 12.1 Å². The van der Waals surface area contributed by atoms with Crippen LogP contribution in [0.4, 0.5) is 5.69 Å². The van der Waals surface area contributed by atoms with Gasteiger partial charge in [-0.05, 0) is 18.6 Å². The molecule has 0 bridgehead atoms. The molecule has 6 heteroatoms. The van der Waals surface area contributed by atoms with E-state index in [9.17, 15) is 9.59 Å². The molecule has 0 aliphatic rings. The number of hydrogen-bond acceptors (Lipinski definition) is 5. The first-order valence-electron chi connectivity index (χ1n) is 5.07. The summed E-state index contributed by atoms with van der Waals surface area (Å²) in [6.45, 7) is 1.93. The molecule has 0 radical (unpaired) electrons. The molecule has 17 heavy (non-hydrogen) atoms. The minimum absolute atomic E-state index is 0.215. The van der Waals surface area contributed by atoms with Crippen molar-refractivity contribution in [2.45, 2.75) is 13.3 Å². The standard InChI is InChI=1S/C11H14N2O4/c1-2-17-11(16)8-5-3-4-7(6-9(14)15)10(8)13-12/h3-5,13H,2,6,12H2,1H3,(H,14,15). The Labute approximate surface area is 98.3 Å². The predicted molar refractivity (Wildman–Crippen MR) is 61.5 cm³/mol. The van der Waals surface area contributed by atoms with Gasteiger partial charge >= 0.3 is 11.9 Å². The van der Waals surface area contributed by atoms with E-state index in [0.717, 1.165) is 0 Å². The molecule has 0 heterocycles. The van der Waals surface area contributed by atoms with E-state index < -0.39 is 11.9 Å². The third-order valence-corrected chi connectivity index (χ3v) is 2.13. The first kappa shape index (κ1) is 13.0. The number of aliphatic carboxylic acids is 1. The molecule has 0 fully saturated rings. The minimum atomic E-state index is -0.998. The van der Waals surface area contributed by atoms with Crippen LogP contribution in [0.15, 0.2) is 18.2 Å². The molecule has 0 aliphatic heterocycles. The highest BCUT2D eigenvalue weighted by atomic mass is 16.5. The van der Waals surface area contributed by atoms with Crippen molar-refractivity contribution in [2.24, 2.45) is 5.84 Å². The molecule has 1 aromatic carbocycles. The van der Waals surface area contributed by atoms with Gasteiger partial charge in [0.1, 0.15) is 0 Å². The fourth-order valence-corrected chi connectivity index (χ4v) is 1.46. The van der Waals surface area contributed by atoms with Crippen molar-refractivity contribution < 1.29 is 19.4 Å². The van der Waals surface area contributed by atoms with Gasteiger partial charge < -0.3 is 15.3 Å². The van der Waals surface area contributed by atoms with Crippen LogP contribution in [0.5, 0.6) is 0 Å². The van der Waals surface area contributed by atoms with Crippen LogP contribution in [-0.4, -0.2) is 23.7 Å². The van der Waals surface area contributed by atoms with Crippen molar-refractivity contribution in [2.75, 3.05) is 12.0 Å². The molecule has 1 rings (SSSR count). The second kappa shape index (κ2) is 5.86. The molecular weight excluding hydrogens is 224 g/mol. The summed E-state index contributed by atoms with van der Waals surface area (Å²) in [6, 6.07) is 4.70.